The van der Waals surface area contributed by atoms with Crippen molar-refractivity contribution in [3.8, 4) is 5.75 Å². The summed E-state index contributed by atoms with van der Waals surface area (Å²) in [6, 6.07) is 3.77. The molecule has 0 bridgehead atoms. The SMILES string of the molecule is COC(=O)C[C@H](N)c1ccc(OC)c(F)c1. The number of ether oxygens (including phenoxy) is 2. The van der Waals surface area contributed by atoms with Crippen LogP contribution < -0.4 is 10.5 Å². The predicted octanol–water partition coefficient (Wildman–Crippen LogP) is 1.40. The van der Waals surface area contributed by atoms with Gasteiger partial charge in [-0.25, -0.2) is 4.39 Å². The lowest BCUT2D eigenvalue weighted by molar-refractivity contribution is -0.141. The van der Waals surface area contributed by atoms with Crippen LogP contribution in [-0.2, 0) is 9.53 Å². The highest BCUT2D eigenvalue weighted by Crippen LogP contribution is 2.22. The quantitative estimate of drug-likeness (QED) is 0.790. The topological polar surface area (TPSA) is 61.5 Å². The molecule has 0 aliphatic heterocycles. The van der Waals surface area contributed by atoms with Gasteiger partial charge in [0, 0.05) is 6.04 Å². The molecule has 0 radical (unpaired) electrons. The molecule has 0 fully saturated rings. The maximum absolute atomic E-state index is 13.3. The van der Waals surface area contributed by atoms with Gasteiger partial charge in [0.05, 0.1) is 20.6 Å². The van der Waals surface area contributed by atoms with Crippen LogP contribution >= 0.6 is 0 Å². The van der Waals surface area contributed by atoms with Crippen LogP contribution in [0.2, 0.25) is 0 Å². The molecule has 0 aliphatic rings. The van der Waals surface area contributed by atoms with Gasteiger partial charge < -0.3 is 15.2 Å². The van der Waals surface area contributed by atoms with Crippen molar-refractivity contribution in [2.75, 3.05) is 14.2 Å². The number of hydrogen-bond acceptors (Lipinski definition) is 4. The molecule has 1 rings (SSSR count). The van der Waals surface area contributed by atoms with Gasteiger partial charge in [-0.2, -0.15) is 0 Å². The first-order valence-corrected chi connectivity index (χ1v) is 4.74. The number of hydrogen-bond donors (Lipinski definition) is 1. The van der Waals surface area contributed by atoms with E-state index in [1.165, 1.54) is 26.4 Å². The van der Waals surface area contributed by atoms with E-state index >= 15 is 0 Å². The van der Waals surface area contributed by atoms with Crippen LogP contribution in [0.3, 0.4) is 0 Å². The molecule has 0 unspecified atom stereocenters. The summed E-state index contributed by atoms with van der Waals surface area (Å²) in [5, 5.41) is 0. The van der Waals surface area contributed by atoms with Crippen LogP contribution in [0.15, 0.2) is 18.2 Å². The first-order chi connectivity index (χ1) is 7.58. The highest BCUT2D eigenvalue weighted by Gasteiger charge is 2.13. The van der Waals surface area contributed by atoms with Crippen LogP contribution in [0.25, 0.3) is 0 Å². The van der Waals surface area contributed by atoms with E-state index in [-0.39, 0.29) is 12.2 Å². The van der Waals surface area contributed by atoms with Crippen molar-refractivity contribution in [2.45, 2.75) is 12.5 Å². The first-order valence-electron chi connectivity index (χ1n) is 4.74. The Bertz CT molecular complexity index is 381. The lowest BCUT2D eigenvalue weighted by Gasteiger charge is -2.11. The normalized spacial score (nSPS) is 12.0. The van der Waals surface area contributed by atoms with Gasteiger partial charge in [-0.15, -0.1) is 0 Å². The van der Waals surface area contributed by atoms with Crippen molar-refractivity contribution in [3.05, 3.63) is 29.6 Å². The lowest BCUT2D eigenvalue weighted by Crippen LogP contribution is -2.16. The second-order valence-corrected chi connectivity index (χ2v) is 3.28. The first kappa shape index (κ1) is 12.4. The fourth-order valence-electron chi connectivity index (χ4n) is 1.29. The molecule has 0 saturated carbocycles. The fraction of sp³-hybridized carbons (Fsp3) is 0.364. The van der Waals surface area contributed by atoms with Gasteiger partial charge in [-0.1, -0.05) is 6.07 Å². The molecule has 0 heterocycles. The number of esters is 1. The summed E-state index contributed by atoms with van der Waals surface area (Å²) < 4.78 is 22.6. The molecule has 0 aliphatic carbocycles. The van der Waals surface area contributed by atoms with E-state index in [0.717, 1.165) is 0 Å². The molecule has 1 atom stereocenters. The minimum Gasteiger partial charge on any atom is -0.494 e. The summed E-state index contributed by atoms with van der Waals surface area (Å²) in [6.07, 6.45) is 0.0161. The Morgan fingerprint density at radius 1 is 1.50 bits per heavy atom. The van der Waals surface area contributed by atoms with Gasteiger partial charge in [0.1, 0.15) is 0 Å². The number of methoxy groups -OCH3 is 2. The van der Waals surface area contributed by atoms with Gasteiger partial charge >= 0.3 is 5.97 Å². The molecule has 1 aromatic rings. The summed E-state index contributed by atoms with van der Waals surface area (Å²) in [7, 11) is 2.66. The third-order valence-corrected chi connectivity index (χ3v) is 2.22. The second kappa shape index (κ2) is 5.46. The highest BCUT2D eigenvalue weighted by molar-refractivity contribution is 5.70. The zero-order valence-corrected chi connectivity index (χ0v) is 9.20. The van der Waals surface area contributed by atoms with Crippen molar-refractivity contribution in [3.63, 3.8) is 0 Å². The van der Waals surface area contributed by atoms with Crippen molar-refractivity contribution >= 4 is 5.97 Å². The van der Waals surface area contributed by atoms with Crippen LogP contribution in [0.1, 0.15) is 18.0 Å². The largest absolute Gasteiger partial charge is 0.494 e. The lowest BCUT2D eigenvalue weighted by atomic mass is 10.0. The Morgan fingerprint density at radius 3 is 2.69 bits per heavy atom. The van der Waals surface area contributed by atoms with Crippen molar-refractivity contribution < 1.29 is 18.7 Å². The Hall–Kier alpha value is -1.62. The molecule has 4 nitrogen and oxygen atoms in total. The Labute approximate surface area is 93.2 Å². The van der Waals surface area contributed by atoms with Crippen LogP contribution in [0.4, 0.5) is 4.39 Å². The van der Waals surface area contributed by atoms with Gasteiger partial charge in [-0.3, -0.25) is 4.79 Å². The predicted molar refractivity (Wildman–Crippen MR) is 56.5 cm³/mol. The number of carbonyl (C=O) groups excluding carboxylic acids is 1. The molecule has 16 heavy (non-hydrogen) atoms. The molecular weight excluding hydrogens is 213 g/mol. The molecule has 1 aromatic carbocycles. The summed E-state index contributed by atoms with van der Waals surface area (Å²) >= 11 is 0. The average Bonchev–Trinajstić information content (AvgIpc) is 2.28. The molecule has 2 N–H and O–H groups in total. The summed E-state index contributed by atoms with van der Waals surface area (Å²) in [4.78, 5) is 11.0. The van der Waals surface area contributed by atoms with Crippen LogP contribution in [0, 0.1) is 5.82 Å². The molecule has 0 spiro atoms. The number of halogens is 1. The molecular formula is C11H14FNO3. The van der Waals surface area contributed by atoms with Gasteiger partial charge in [0.25, 0.3) is 0 Å². The van der Waals surface area contributed by atoms with Crippen LogP contribution in [-0.4, -0.2) is 20.2 Å². The maximum Gasteiger partial charge on any atom is 0.307 e. The van der Waals surface area contributed by atoms with Crippen LogP contribution in [0.5, 0.6) is 5.75 Å². The fourth-order valence-corrected chi connectivity index (χ4v) is 1.29. The average molecular weight is 227 g/mol. The summed E-state index contributed by atoms with van der Waals surface area (Å²) in [6.45, 7) is 0. The Balaban J connectivity index is 2.80. The van der Waals surface area contributed by atoms with Gasteiger partial charge in [-0.05, 0) is 17.7 Å². The molecule has 0 aromatic heterocycles. The summed E-state index contributed by atoms with van der Waals surface area (Å²) in [5.41, 5.74) is 6.25. The van der Waals surface area contributed by atoms with Gasteiger partial charge in [0.2, 0.25) is 0 Å². The van der Waals surface area contributed by atoms with Crippen molar-refractivity contribution in [1.82, 2.24) is 0 Å². The maximum atomic E-state index is 13.3. The highest BCUT2D eigenvalue weighted by atomic mass is 19.1. The number of benzene rings is 1. The molecule has 88 valence electrons. The molecule has 5 heteroatoms. The monoisotopic (exact) mass is 227 g/mol. The van der Waals surface area contributed by atoms with Crippen molar-refractivity contribution in [2.24, 2.45) is 5.73 Å². The Kier molecular flexibility index (Phi) is 4.25. The van der Waals surface area contributed by atoms with E-state index in [0.29, 0.717) is 5.56 Å². The van der Waals surface area contributed by atoms with E-state index in [9.17, 15) is 9.18 Å². The zero-order valence-electron chi connectivity index (χ0n) is 9.20. The third-order valence-electron chi connectivity index (χ3n) is 2.22. The van der Waals surface area contributed by atoms with E-state index in [1.54, 1.807) is 6.07 Å². The smallest absolute Gasteiger partial charge is 0.307 e. The third kappa shape index (κ3) is 2.93. The zero-order chi connectivity index (χ0) is 12.1. The van der Waals surface area contributed by atoms with E-state index in [1.807, 2.05) is 0 Å². The minimum atomic E-state index is -0.576. The molecule has 0 saturated heterocycles. The van der Waals surface area contributed by atoms with E-state index < -0.39 is 17.8 Å². The minimum absolute atomic E-state index is 0.0161. The van der Waals surface area contributed by atoms with Crippen molar-refractivity contribution in [1.29, 1.82) is 0 Å². The summed E-state index contributed by atoms with van der Waals surface area (Å²) in [5.74, 6) is -0.780. The number of carbonyl (C=O) groups is 1. The van der Waals surface area contributed by atoms with Gasteiger partial charge in [0.15, 0.2) is 11.6 Å². The second-order valence-electron chi connectivity index (χ2n) is 3.28. The Morgan fingerprint density at radius 2 is 2.19 bits per heavy atom. The van der Waals surface area contributed by atoms with E-state index in [2.05, 4.69) is 4.74 Å². The van der Waals surface area contributed by atoms with E-state index in [4.69, 9.17) is 10.5 Å². The number of rotatable bonds is 4. The number of nitrogens with two attached hydrogens (primary N) is 1. The standard InChI is InChI=1S/C11H14FNO3/c1-15-10-4-3-7(5-8(10)12)9(13)6-11(14)16-2/h3-5,9H,6,13H2,1-2H3/t9-/m0/s1. The molecule has 0 amide bonds.